The lowest BCUT2D eigenvalue weighted by molar-refractivity contribution is 0.0916. The smallest absolute Gasteiger partial charge is 0.261 e. The predicted octanol–water partition coefficient (Wildman–Crippen LogP) is 4.57. The van der Waals surface area contributed by atoms with Crippen molar-refractivity contribution in [1.29, 1.82) is 0 Å². The van der Waals surface area contributed by atoms with E-state index in [9.17, 15) is 4.79 Å². The van der Waals surface area contributed by atoms with Crippen molar-refractivity contribution in [2.75, 3.05) is 5.33 Å². The third-order valence-electron chi connectivity index (χ3n) is 2.04. The normalized spacial score (nSPS) is 11.6. The van der Waals surface area contributed by atoms with Crippen LogP contribution in [-0.2, 0) is 0 Å². The van der Waals surface area contributed by atoms with E-state index < -0.39 is 0 Å². The summed E-state index contributed by atoms with van der Waals surface area (Å²) in [5.41, 5.74) is -0.191. The molecule has 0 spiro atoms. The van der Waals surface area contributed by atoms with Crippen LogP contribution in [0, 0.1) is 0 Å². The lowest BCUT2D eigenvalue weighted by Crippen LogP contribution is -2.43. The second kappa shape index (κ2) is 5.98. The van der Waals surface area contributed by atoms with E-state index in [1.54, 1.807) is 0 Å². The fourth-order valence-electron chi connectivity index (χ4n) is 1.13. The molecule has 0 aromatic carbocycles. The quantitative estimate of drug-likeness (QED) is 0.692. The van der Waals surface area contributed by atoms with Crippen molar-refractivity contribution in [1.82, 2.24) is 5.32 Å². The summed E-state index contributed by atoms with van der Waals surface area (Å²) in [6.45, 7) is 4.04. The summed E-state index contributed by atoms with van der Waals surface area (Å²) in [5, 5.41) is 3.89. The number of rotatable bonds is 4. The van der Waals surface area contributed by atoms with E-state index in [-0.39, 0.29) is 11.4 Å². The molecule has 16 heavy (non-hydrogen) atoms. The van der Waals surface area contributed by atoms with Gasteiger partial charge in [-0.25, -0.2) is 0 Å². The minimum atomic E-state index is -0.191. The Morgan fingerprint density at radius 1 is 1.50 bits per heavy atom. The molecule has 0 unspecified atom stereocenters. The number of alkyl halides is 1. The van der Waals surface area contributed by atoms with Crippen LogP contribution in [0.3, 0.4) is 0 Å². The first kappa shape index (κ1) is 14.7. The van der Waals surface area contributed by atoms with E-state index in [4.69, 9.17) is 0 Å². The van der Waals surface area contributed by atoms with E-state index in [0.29, 0.717) is 4.88 Å². The maximum atomic E-state index is 11.9. The van der Waals surface area contributed by atoms with Crippen LogP contribution in [0.15, 0.2) is 14.3 Å². The number of carbonyl (C=O) groups is 1. The molecule has 0 fully saturated rings. The van der Waals surface area contributed by atoms with Crippen molar-refractivity contribution in [3.8, 4) is 0 Å². The Bertz CT molecular complexity index is 370. The SMILES string of the molecule is CC(C)(CCBr)NC(=O)c1cc(Br)c(Br)s1. The van der Waals surface area contributed by atoms with Crippen LogP contribution in [0.4, 0.5) is 0 Å². The molecule has 1 heterocycles. The highest BCUT2D eigenvalue weighted by Gasteiger charge is 2.21. The summed E-state index contributed by atoms with van der Waals surface area (Å²) < 4.78 is 1.86. The van der Waals surface area contributed by atoms with E-state index in [2.05, 4.69) is 53.1 Å². The Hall–Kier alpha value is 0.610. The molecule has 0 aliphatic rings. The molecule has 1 amide bonds. The van der Waals surface area contributed by atoms with Gasteiger partial charge in [0.2, 0.25) is 0 Å². The number of carbonyl (C=O) groups excluding carboxylic acids is 1. The number of amides is 1. The third kappa shape index (κ3) is 4.13. The monoisotopic (exact) mass is 431 g/mol. The number of hydrogen-bond donors (Lipinski definition) is 1. The zero-order valence-corrected chi connectivity index (χ0v) is 14.5. The summed E-state index contributed by atoms with van der Waals surface area (Å²) in [5.74, 6) is -0.0256. The van der Waals surface area contributed by atoms with Crippen LogP contribution < -0.4 is 5.32 Å². The van der Waals surface area contributed by atoms with Crippen LogP contribution in [0.1, 0.15) is 29.9 Å². The molecule has 1 aromatic rings. The third-order valence-corrected chi connectivity index (χ3v) is 5.69. The van der Waals surface area contributed by atoms with Crippen molar-refractivity contribution in [2.45, 2.75) is 25.8 Å². The summed E-state index contributed by atoms with van der Waals surface area (Å²) in [6, 6.07) is 1.83. The summed E-state index contributed by atoms with van der Waals surface area (Å²) >= 11 is 11.6. The molecule has 0 saturated carbocycles. The molecule has 0 saturated heterocycles. The van der Waals surface area contributed by atoms with Crippen LogP contribution >= 0.6 is 59.1 Å². The van der Waals surface area contributed by atoms with Gasteiger partial charge < -0.3 is 5.32 Å². The Morgan fingerprint density at radius 3 is 2.56 bits per heavy atom. The Kier molecular flexibility index (Phi) is 5.48. The van der Waals surface area contributed by atoms with Gasteiger partial charge in [-0.1, -0.05) is 15.9 Å². The fraction of sp³-hybridized carbons (Fsp3) is 0.500. The zero-order valence-electron chi connectivity index (χ0n) is 8.94. The molecule has 0 atom stereocenters. The second-order valence-corrected chi connectivity index (χ2v) is 8.03. The molecule has 1 N–H and O–H groups in total. The van der Waals surface area contributed by atoms with E-state index in [0.717, 1.165) is 20.0 Å². The maximum Gasteiger partial charge on any atom is 0.261 e. The molecule has 1 rings (SSSR count). The van der Waals surface area contributed by atoms with Gasteiger partial charge in [-0.3, -0.25) is 4.79 Å². The van der Waals surface area contributed by atoms with E-state index in [1.165, 1.54) is 11.3 Å². The molecule has 0 bridgehead atoms. The standard InChI is InChI=1S/C10H12Br3NOS/c1-10(2,3-4-11)14-9(15)7-5-6(12)8(13)16-7/h5H,3-4H2,1-2H3,(H,14,15). The minimum Gasteiger partial charge on any atom is -0.346 e. The molecule has 0 aliphatic carbocycles. The van der Waals surface area contributed by atoms with Crippen molar-refractivity contribution in [3.63, 3.8) is 0 Å². The Labute approximate surface area is 125 Å². The van der Waals surface area contributed by atoms with Gasteiger partial charge in [0.1, 0.15) is 0 Å². The molecule has 1 aromatic heterocycles. The van der Waals surface area contributed by atoms with Gasteiger partial charge in [-0.15, -0.1) is 11.3 Å². The van der Waals surface area contributed by atoms with Crippen LogP contribution in [0.2, 0.25) is 0 Å². The summed E-state index contributed by atoms with van der Waals surface area (Å²) in [7, 11) is 0. The second-order valence-electron chi connectivity index (χ2n) is 4.01. The number of nitrogens with one attached hydrogen (secondary N) is 1. The largest absolute Gasteiger partial charge is 0.346 e. The van der Waals surface area contributed by atoms with Crippen molar-refractivity contribution in [2.24, 2.45) is 0 Å². The topological polar surface area (TPSA) is 29.1 Å². The predicted molar refractivity (Wildman–Crippen MR) is 79.7 cm³/mol. The van der Waals surface area contributed by atoms with Gasteiger partial charge in [-0.05, 0) is 58.2 Å². The first-order valence-corrected chi connectivity index (χ1v) is 8.21. The molecular weight excluding hydrogens is 422 g/mol. The minimum absolute atomic E-state index is 0.0256. The van der Waals surface area contributed by atoms with Crippen molar-refractivity contribution >= 4 is 65.0 Å². The highest BCUT2D eigenvalue weighted by molar-refractivity contribution is 9.13. The lowest BCUT2D eigenvalue weighted by atomic mass is 10.0. The van der Waals surface area contributed by atoms with Crippen LogP contribution in [-0.4, -0.2) is 16.8 Å². The van der Waals surface area contributed by atoms with E-state index in [1.807, 2.05) is 19.9 Å². The fourth-order valence-corrected chi connectivity index (χ4v) is 4.05. The lowest BCUT2D eigenvalue weighted by Gasteiger charge is -2.24. The highest BCUT2D eigenvalue weighted by Crippen LogP contribution is 2.32. The molecule has 2 nitrogen and oxygen atoms in total. The highest BCUT2D eigenvalue weighted by atomic mass is 79.9. The average molecular weight is 434 g/mol. The number of halogens is 3. The number of thiophene rings is 1. The van der Waals surface area contributed by atoms with Crippen LogP contribution in [0.5, 0.6) is 0 Å². The van der Waals surface area contributed by atoms with Crippen molar-refractivity contribution < 1.29 is 4.79 Å². The zero-order chi connectivity index (χ0) is 12.3. The van der Waals surface area contributed by atoms with Crippen LogP contribution in [0.25, 0.3) is 0 Å². The average Bonchev–Trinajstić information content (AvgIpc) is 2.46. The Balaban J connectivity index is 2.72. The first-order valence-electron chi connectivity index (χ1n) is 4.69. The maximum absolute atomic E-state index is 11.9. The molecule has 0 radical (unpaired) electrons. The van der Waals surface area contributed by atoms with Gasteiger partial charge in [0.05, 0.1) is 8.66 Å². The molecule has 90 valence electrons. The van der Waals surface area contributed by atoms with Gasteiger partial charge in [0, 0.05) is 15.3 Å². The van der Waals surface area contributed by atoms with Gasteiger partial charge in [0.15, 0.2) is 0 Å². The first-order chi connectivity index (χ1) is 7.35. The summed E-state index contributed by atoms with van der Waals surface area (Å²) in [6.07, 6.45) is 0.895. The number of hydrogen-bond acceptors (Lipinski definition) is 2. The van der Waals surface area contributed by atoms with Gasteiger partial charge in [0.25, 0.3) is 5.91 Å². The molecule has 0 aliphatic heterocycles. The van der Waals surface area contributed by atoms with E-state index >= 15 is 0 Å². The van der Waals surface area contributed by atoms with Crippen molar-refractivity contribution in [3.05, 3.63) is 19.2 Å². The molecular formula is C10H12Br3NOS. The molecule has 6 heteroatoms. The Morgan fingerprint density at radius 2 is 2.12 bits per heavy atom. The summed E-state index contributed by atoms with van der Waals surface area (Å²) in [4.78, 5) is 12.7. The van der Waals surface area contributed by atoms with Gasteiger partial charge >= 0.3 is 0 Å². The van der Waals surface area contributed by atoms with Gasteiger partial charge in [-0.2, -0.15) is 0 Å².